The maximum Gasteiger partial charge on any atom is 0.396 e. The molecule has 1 atom stereocenters. The predicted octanol–water partition coefficient (Wildman–Crippen LogP) is 2.29. The van der Waals surface area contributed by atoms with E-state index in [9.17, 15) is 5.11 Å². The SMILES string of the molecule is COc1cccc(CCN2c3nccc[n+]3C[C@@]2(O)c2ccccc2)c1. The molecule has 1 aromatic heterocycles. The smallest absolute Gasteiger partial charge is 0.396 e. The highest BCUT2D eigenvalue weighted by atomic mass is 16.5. The summed E-state index contributed by atoms with van der Waals surface area (Å²) in [7, 11) is 1.67. The van der Waals surface area contributed by atoms with E-state index < -0.39 is 5.72 Å². The van der Waals surface area contributed by atoms with Gasteiger partial charge in [0.2, 0.25) is 5.72 Å². The van der Waals surface area contributed by atoms with Crippen LogP contribution in [-0.4, -0.2) is 23.7 Å². The molecule has 0 spiro atoms. The van der Waals surface area contributed by atoms with Gasteiger partial charge in [-0.05, 0) is 17.7 Å². The molecule has 0 aliphatic carbocycles. The quantitative estimate of drug-likeness (QED) is 0.719. The van der Waals surface area contributed by atoms with Crippen molar-refractivity contribution < 1.29 is 14.4 Å². The second-order valence-corrected chi connectivity index (χ2v) is 6.48. The van der Waals surface area contributed by atoms with Gasteiger partial charge in [-0.3, -0.25) is 0 Å². The van der Waals surface area contributed by atoms with Gasteiger partial charge in [0.15, 0.2) is 0 Å². The molecule has 0 fully saturated rings. The number of ether oxygens (including phenoxy) is 1. The van der Waals surface area contributed by atoms with Gasteiger partial charge in [-0.15, -0.1) is 0 Å². The van der Waals surface area contributed by atoms with Crippen molar-refractivity contribution in [1.82, 2.24) is 4.98 Å². The molecule has 1 aliphatic heterocycles. The minimum Gasteiger partial charge on any atom is -0.497 e. The van der Waals surface area contributed by atoms with E-state index in [0.29, 0.717) is 13.1 Å². The molecule has 3 aromatic rings. The van der Waals surface area contributed by atoms with Crippen LogP contribution >= 0.6 is 0 Å². The Morgan fingerprint density at radius 3 is 2.81 bits per heavy atom. The molecule has 26 heavy (non-hydrogen) atoms. The number of methoxy groups -OCH3 is 1. The zero-order valence-electron chi connectivity index (χ0n) is 14.7. The fourth-order valence-electron chi connectivity index (χ4n) is 3.54. The van der Waals surface area contributed by atoms with Crippen LogP contribution in [0, 0.1) is 0 Å². The lowest BCUT2D eigenvalue weighted by molar-refractivity contribution is -0.685. The van der Waals surface area contributed by atoms with Crippen molar-refractivity contribution in [1.29, 1.82) is 0 Å². The van der Waals surface area contributed by atoms with E-state index >= 15 is 0 Å². The van der Waals surface area contributed by atoms with E-state index in [-0.39, 0.29) is 0 Å². The number of fused-ring (bicyclic) bond motifs is 1. The van der Waals surface area contributed by atoms with Gasteiger partial charge in [0, 0.05) is 18.1 Å². The van der Waals surface area contributed by atoms with Gasteiger partial charge in [-0.2, -0.15) is 0 Å². The van der Waals surface area contributed by atoms with E-state index in [1.807, 2.05) is 70.3 Å². The van der Waals surface area contributed by atoms with Crippen molar-refractivity contribution in [3.05, 3.63) is 84.2 Å². The maximum absolute atomic E-state index is 11.6. The molecule has 0 radical (unpaired) electrons. The number of hydrogen-bond acceptors (Lipinski definition) is 4. The number of rotatable bonds is 5. The van der Waals surface area contributed by atoms with Crippen LogP contribution in [-0.2, 0) is 18.7 Å². The van der Waals surface area contributed by atoms with E-state index in [4.69, 9.17) is 4.74 Å². The first-order valence-electron chi connectivity index (χ1n) is 8.74. The van der Waals surface area contributed by atoms with Crippen LogP contribution in [0.1, 0.15) is 11.1 Å². The van der Waals surface area contributed by atoms with Crippen LogP contribution in [0.25, 0.3) is 0 Å². The zero-order chi connectivity index (χ0) is 18.0. The Morgan fingerprint density at radius 1 is 1.15 bits per heavy atom. The van der Waals surface area contributed by atoms with Gasteiger partial charge in [-0.25, -0.2) is 9.47 Å². The van der Waals surface area contributed by atoms with Gasteiger partial charge in [-0.1, -0.05) is 47.4 Å². The fraction of sp³-hybridized carbons (Fsp3) is 0.238. The van der Waals surface area contributed by atoms with Crippen molar-refractivity contribution in [2.75, 3.05) is 18.6 Å². The summed E-state index contributed by atoms with van der Waals surface area (Å²) in [6.45, 7) is 1.11. The number of anilines is 1. The van der Waals surface area contributed by atoms with Crippen LogP contribution in [0.4, 0.5) is 5.95 Å². The van der Waals surface area contributed by atoms with E-state index in [2.05, 4.69) is 11.1 Å². The molecule has 2 heterocycles. The van der Waals surface area contributed by atoms with Crippen molar-refractivity contribution >= 4 is 5.95 Å². The van der Waals surface area contributed by atoms with Crippen molar-refractivity contribution in [2.24, 2.45) is 0 Å². The summed E-state index contributed by atoms with van der Waals surface area (Å²) in [5, 5.41) is 11.6. The third-order valence-electron chi connectivity index (χ3n) is 4.87. The maximum atomic E-state index is 11.6. The first-order valence-corrected chi connectivity index (χ1v) is 8.74. The van der Waals surface area contributed by atoms with Gasteiger partial charge in [0.05, 0.1) is 19.9 Å². The molecular formula is C21H22N3O2+. The Morgan fingerprint density at radius 2 is 2.00 bits per heavy atom. The van der Waals surface area contributed by atoms with Gasteiger partial charge in [0.25, 0.3) is 0 Å². The second kappa shape index (κ2) is 6.77. The highest BCUT2D eigenvalue weighted by Gasteiger charge is 2.51. The minimum absolute atomic E-state index is 0.457. The summed E-state index contributed by atoms with van der Waals surface area (Å²) in [5.74, 6) is 1.62. The predicted molar refractivity (Wildman–Crippen MR) is 98.8 cm³/mol. The molecule has 132 valence electrons. The molecule has 1 N–H and O–H groups in total. The summed E-state index contributed by atoms with van der Waals surface area (Å²) < 4.78 is 7.31. The van der Waals surface area contributed by atoms with Crippen LogP contribution < -0.4 is 14.2 Å². The average Bonchev–Trinajstić information content (AvgIpc) is 3.00. The largest absolute Gasteiger partial charge is 0.497 e. The average molecular weight is 348 g/mol. The molecule has 0 saturated carbocycles. The van der Waals surface area contributed by atoms with E-state index in [0.717, 1.165) is 29.2 Å². The second-order valence-electron chi connectivity index (χ2n) is 6.48. The van der Waals surface area contributed by atoms with Gasteiger partial charge >= 0.3 is 5.95 Å². The number of benzene rings is 2. The van der Waals surface area contributed by atoms with Crippen molar-refractivity contribution in [2.45, 2.75) is 18.7 Å². The number of aliphatic hydroxyl groups is 1. The first-order chi connectivity index (χ1) is 12.7. The lowest BCUT2D eigenvalue weighted by Gasteiger charge is -2.28. The summed E-state index contributed by atoms with van der Waals surface area (Å²) >= 11 is 0. The Hall–Kier alpha value is -2.92. The van der Waals surface area contributed by atoms with Crippen molar-refractivity contribution in [3.8, 4) is 5.75 Å². The lowest BCUT2D eigenvalue weighted by Crippen LogP contribution is -2.46. The van der Waals surface area contributed by atoms with Crippen LogP contribution in [0.3, 0.4) is 0 Å². The summed E-state index contributed by atoms with van der Waals surface area (Å²) in [6.07, 6.45) is 4.51. The van der Waals surface area contributed by atoms with E-state index in [1.54, 1.807) is 13.3 Å². The summed E-state index contributed by atoms with van der Waals surface area (Å²) in [4.78, 5) is 6.50. The van der Waals surface area contributed by atoms with E-state index in [1.165, 1.54) is 0 Å². The highest BCUT2D eigenvalue weighted by Crippen LogP contribution is 2.33. The summed E-state index contributed by atoms with van der Waals surface area (Å²) in [6, 6.07) is 19.7. The number of hydrogen-bond donors (Lipinski definition) is 1. The minimum atomic E-state index is -1.11. The monoisotopic (exact) mass is 348 g/mol. The molecule has 1 aliphatic rings. The molecule has 0 unspecified atom stereocenters. The lowest BCUT2D eigenvalue weighted by atomic mass is 10.0. The topological polar surface area (TPSA) is 49.5 Å². The molecule has 0 bridgehead atoms. The Bertz CT molecular complexity index is 901. The Kier molecular flexibility index (Phi) is 4.31. The van der Waals surface area contributed by atoms with Crippen LogP contribution in [0.5, 0.6) is 5.75 Å². The molecule has 5 heteroatoms. The number of aromatic nitrogens is 2. The fourth-order valence-corrected chi connectivity index (χ4v) is 3.54. The standard InChI is InChI=1S/C21H22N3O2/c1-26-19-10-5-7-17(15-19)11-14-24-20-22-12-6-13-23(20)16-21(24,25)18-8-3-2-4-9-18/h2-10,12-13,15,25H,11,14,16H2,1H3/q+1/t21-/m1/s1. The third-order valence-corrected chi connectivity index (χ3v) is 4.87. The zero-order valence-corrected chi connectivity index (χ0v) is 14.7. The van der Waals surface area contributed by atoms with Crippen LogP contribution in [0.2, 0.25) is 0 Å². The first kappa shape index (κ1) is 16.5. The normalized spacial score (nSPS) is 18.6. The molecule has 2 aromatic carbocycles. The molecule has 0 saturated heterocycles. The molecule has 5 nitrogen and oxygen atoms in total. The Balaban J connectivity index is 1.66. The molecular weight excluding hydrogens is 326 g/mol. The molecule has 4 rings (SSSR count). The third kappa shape index (κ3) is 2.91. The van der Waals surface area contributed by atoms with Crippen molar-refractivity contribution in [3.63, 3.8) is 0 Å². The summed E-state index contributed by atoms with van der Waals surface area (Å²) in [5.41, 5.74) is 0.923. The van der Waals surface area contributed by atoms with Crippen LogP contribution in [0.15, 0.2) is 73.1 Å². The van der Waals surface area contributed by atoms with Gasteiger partial charge < -0.3 is 9.84 Å². The number of nitrogens with zero attached hydrogens (tertiary/aromatic N) is 3. The Labute approximate surface area is 153 Å². The molecule has 0 amide bonds. The van der Waals surface area contributed by atoms with Gasteiger partial charge in [0.1, 0.15) is 18.5 Å². The highest BCUT2D eigenvalue weighted by molar-refractivity contribution is 5.39.